The molecule has 0 aliphatic heterocycles. The minimum Gasteiger partial charge on any atom is -0.606 e. The molecular weight excluding hydrogens is 292 g/mol. The molecular formula is C19H16O2S. The third-order valence-electron chi connectivity index (χ3n) is 3.31. The largest absolute Gasteiger partial charge is 0.606 e. The minimum atomic E-state index is -1.17. The summed E-state index contributed by atoms with van der Waals surface area (Å²) in [6, 6.07) is 24.7. The fourth-order valence-corrected chi connectivity index (χ4v) is 3.35. The summed E-state index contributed by atoms with van der Waals surface area (Å²) in [5.74, 6) is 1.52. The van der Waals surface area contributed by atoms with Gasteiger partial charge >= 0.3 is 0 Å². The molecule has 0 N–H and O–H groups in total. The number of ether oxygens (including phenoxy) is 1. The van der Waals surface area contributed by atoms with E-state index in [1.807, 2.05) is 85.8 Å². The van der Waals surface area contributed by atoms with Crippen molar-refractivity contribution in [2.24, 2.45) is 0 Å². The maximum atomic E-state index is 12.6. The Morgan fingerprint density at radius 3 is 2.00 bits per heavy atom. The molecule has 0 aromatic heterocycles. The molecule has 0 saturated carbocycles. The van der Waals surface area contributed by atoms with E-state index in [1.54, 1.807) is 0 Å². The average molecular weight is 308 g/mol. The fourth-order valence-electron chi connectivity index (χ4n) is 2.15. The smallest absolute Gasteiger partial charge is 0.161 e. The third-order valence-corrected chi connectivity index (χ3v) is 4.87. The maximum Gasteiger partial charge on any atom is 0.161 e. The van der Waals surface area contributed by atoms with E-state index in [4.69, 9.17) is 4.74 Å². The average Bonchev–Trinajstić information content (AvgIpc) is 2.56. The highest BCUT2D eigenvalue weighted by atomic mass is 32.2. The number of para-hydroxylation sites is 1. The Hall–Kier alpha value is -2.23. The number of hydrogen-bond acceptors (Lipinski definition) is 2. The van der Waals surface area contributed by atoms with Crippen LogP contribution < -0.4 is 4.74 Å². The second kappa shape index (κ2) is 6.69. The Balaban J connectivity index is 1.78. The molecule has 2 nitrogen and oxygen atoms in total. The van der Waals surface area contributed by atoms with Crippen molar-refractivity contribution in [3.8, 4) is 11.5 Å². The van der Waals surface area contributed by atoms with Gasteiger partial charge in [-0.1, -0.05) is 36.4 Å². The van der Waals surface area contributed by atoms with Crippen molar-refractivity contribution in [1.29, 1.82) is 0 Å². The van der Waals surface area contributed by atoms with Crippen molar-refractivity contribution in [3.05, 3.63) is 84.4 Å². The van der Waals surface area contributed by atoms with Crippen molar-refractivity contribution in [1.82, 2.24) is 0 Å². The Labute approximate surface area is 133 Å². The molecule has 3 aromatic rings. The van der Waals surface area contributed by atoms with E-state index >= 15 is 0 Å². The predicted octanol–water partition coefficient (Wildman–Crippen LogP) is 4.95. The van der Waals surface area contributed by atoms with Gasteiger partial charge in [0.1, 0.15) is 11.5 Å². The Kier molecular flexibility index (Phi) is 4.47. The van der Waals surface area contributed by atoms with Gasteiger partial charge in [-0.2, -0.15) is 0 Å². The molecule has 110 valence electrons. The van der Waals surface area contributed by atoms with Gasteiger partial charge in [0.15, 0.2) is 9.79 Å². The van der Waals surface area contributed by atoms with E-state index in [1.165, 1.54) is 0 Å². The summed E-state index contributed by atoms with van der Waals surface area (Å²) in [6.07, 6.45) is 0. The summed E-state index contributed by atoms with van der Waals surface area (Å²) in [7, 11) is 0. The van der Waals surface area contributed by atoms with Gasteiger partial charge in [0.2, 0.25) is 0 Å². The predicted molar refractivity (Wildman–Crippen MR) is 88.8 cm³/mol. The molecule has 0 spiro atoms. The molecule has 3 rings (SSSR count). The van der Waals surface area contributed by atoms with Crippen LogP contribution in [0, 0.1) is 6.92 Å². The van der Waals surface area contributed by atoms with E-state index in [2.05, 4.69) is 0 Å². The molecule has 1 atom stereocenters. The lowest BCUT2D eigenvalue weighted by Crippen LogP contribution is -2.03. The molecule has 3 heteroatoms. The first-order valence-corrected chi connectivity index (χ1v) is 8.19. The first-order chi connectivity index (χ1) is 10.7. The number of hydrogen-bond donors (Lipinski definition) is 0. The second-order valence-corrected chi connectivity index (χ2v) is 6.37. The lowest BCUT2D eigenvalue weighted by Gasteiger charge is -2.12. The molecule has 3 aromatic carbocycles. The molecule has 0 radical (unpaired) electrons. The first-order valence-electron chi connectivity index (χ1n) is 7.04. The first kappa shape index (κ1) is 14.7. The standard InChI is InChI=1S/C19H16O2S/c1-15-7-5-6-10-19(15)22(20)18-13-11-17(12-14-18)21-16-8-3-2-4-9-16/h2-14H,1H3. The molecule has 0 saturated heterocycles. The Bertz CT molecular complexity index is 739. The van der Waals surface area contributed by atoms with Crippen LogP contribution in [0.25, 0.3) is 0 Å². The van der Waals surface area contributed by atoms with Crippen LogP contribution in [-0.2, 0) is 11.2 Å². The van der Waals surface area contributed by atoms with Crippen LogP contribution in [0.15, 0.2) is 88.7 Å². The van der Waals surface area contributed by atoms with Gasteiger partial charge in [-0.05, 0) is 49.4 Å². The maximum absolute atomic E-state index is 12.6. The summed E-state index contributed by atoms with van der Waals surface area (Å²) in [6.45, 7) is 1.97. The zero-order chi connectivity index (χ0) is 15.4. The minimum absolute atomic E-state index is 0.733. The zero-order valence-corrected chi connectivity index (χ0v) is 13.0. The molecule has 0 heterocycles. The van der Waals surface area contributed by atoms with Crippen LogP contribution >= 0.6 is 0 Å². The summed E-state index contributed by atoms with van der Waals surface area (Å²) in [4.78, 5) is 1.62. The summed E-state index contributed by atoms with van der Waals surface area (Å²) < 4.78 is 18.4. The molecule has 1 unspecified atom stereocenters. The SMILES string of the molecule is Cc1ccccc1[S+]([O-])c1ccc(Oc2ccccc2)cc1. The van der Waals surface area contributed by atoms with E-state index in [-0.39, 0.29) is 0 Å². The second-order valence-electron chi connectivity index (χ2n) is 4.92. The van der Waals surface area contributed by atoms with Gasteiger partial charge in [0, 0.05) is 16.7 Å². The summed E-state index contributed by atoms with van der Waals surface area (Å²) in [5.41, 5.74) is 1.03. The molecule has 0 fully saturated rings. The van der Waals surface area contributed by atoms with Crippen LogP contribution in [0.4, 0.5) is 0 Å². The van der Waals surface area contributed by atoms with Crippen molar-refractivity contribution in [3.63, 3.8) is 0 Å². The van der Waals surface area contributed by atoms with Crippen molar-refractivity contribution < 1.29 is 9.29 Å². The lowest BCUT2D eigenvalue weighted by atomic mass is 10.2. The van der Waals surface area contributed by atoms with Crippen LogP contribution in [0.1, 0.15) is 5.56 Å². The summed E-state index contributed by atoms with van der Waals surface area (Å²) >= 11 is -1.17. The molecule has 0 aliphatic rings. The number of rotatable bonds is 4. The molecule has 0 amide bonds. The topological polar surface area (TPSA) is 32.3 Å². The fraction of sp³-hybridized carbons (Fsp3) is 0.0526. The number of aryl methyl sites for hydroxylation is 1. The van der Waals surface area contributed by atoms with Crippen molar-refractivity contribution in [2.75, 3.05) is 0 Å². The van der Waals surface area contributed by atoms with Gasteiger partial charge in [-0.15, -0.1) is 0 Å². The molecule has 0 bridgehead atoms. The zero-order valence-electron chi connectivity index (χ0n) is 12.2. The van der Waals surface area contributed by atoms with Gasteiger partial charge in [-0.3, -0.25) is 0 Å². The van der Waals surface area contributed by atoms with Crippen LogP contribution in [0.5, 0.6) is 11.5 Å². The highest BCUT2D eigenvalue weighted by Gasteiger charge is 2.16. The molecule has 22 heavy (non-hydrogen) atoms. The van der Waals surface area contributed by atoms with Crippen molar-refractivity contribution in [2.45, 2.75) is 16.7 Å². The van der Waals surface area contributed by atoms with Gasteiger partial charge in [0.25, 0.3) is 0 Å². The van der Waals surface area contributed by atoms with Crippen LogP contribution in [0.3, 0.4) is 0 Å². The highest BCUT2D eigenvalue weighted by Crippen LogP contribution is 2.27. The molecule has 0 aliphatic carbocycles. The van der Waals surface area contributed by atoms with Gasteiger partial charge in [0.05, 0.1) is 0 Å². The van der Waals surface area contributed by atoms with E-state index < -0.39 is 11.2 Å². The number of benzene rings is 3. The Morgan fingerprint density at radius 2 is 1.32 bits per heavy atom. The van der Waals surface area contributed by atoms with Crippen LogP contribution in [0.2, 0.25) is 0 Å². The quantitative estimate of drug-likeness (QED) is 0.638. The van der Waals surface area contributed by atoms with Crippen molar-refractivity contribution >= 4 is 11.2 Å². The summed E-state index contributed by atoms with van der Waals surface area (Å²) in [5, 5.41) is 0. The monoisotopic (exact) mass is 308 g/mol. The van der Waals surface area contributed by atoms with E-state index in [9.17, 15) is 4.55 Å². The van der Waals surface area contributed by atoms with Crippen LogP contribution in [-0.4, -0.2) is 4.55 Å². The van der Waals surface area contributed by atoms with E-state index in [0.717, 1.165) is 26.9 Å². The highest BCUT2D eigenvalue weighted by molar-refractivity contribution is 7.91. The van der Waals surface area contributed by atoms with E-state index in [0.29, 0.717) is 0 Å². The third kappa shape index (κ3) is 3.32. The normalized spacial score (nSPS) is 11.9. The Morgan fingerprint density at radius 1 is 0.727 bits per heavy atom. The van der Waals surface area contributed by atoms with Gasteiger partial charge < -0.3 is 9.29 Å². The van der Waals surface area contributed by atoms with Gasteiger partial charge in [-0.25, -0.2) is 0 Å². The lowest BCUT2D eigenvalue weighted by molar-refractivity contribution is 0.482.